The van der Waals surface area contributed by atoms with Gasteiger partial charge in [-0.2, -0.15) is 0 Å². The second-order valence-corrected chi connectivity index (χ2v) is 4.10. The van der Waals surface area contributed by atoms with Crippen LogP contribution in [-0.4, -0.2) is 30.4 Å². The smallest absolute Gasteiger partial charge is 0.231 e. The van der Waals surface area contributed by atoms with Crippen molar-refractivity contribution in [1.82, 2.24) is 4.90 Å². The zero-order valence-corrected chi connectivity index (χ0v) is 9.18. The number of carbonyl (C=O) groups is 1. The number of nitrogens with zero attached hydrogens (tertiary/aromatic N) is 3. The predicted octanol–water partition coefficient (Wildman–Crippen LogP) is 1.22. The van der Waals surface area contributed by atoms with Crippen molar-refractivity contribution in [1.29, 1.82) is 0 Å². The fourth-order valence-corrected chi connectivity index (χ4v) is 2.28. The molecule has 0 fully saturated rings. The number of hydrogen-bond acceptors (Lipinski definition) is 3. The third-order valence-corrected chi connectivity index (χ3v) is 3.10. The van der Waals surface area contributed by atoms with Crippen molar-refractivity contribution in [3.63, 3.8) is 0 Å². The molecule has 2 aliphatic rings. The summed E-state index contributed by atoms with van der Waals surface area (Å²) in [6.07, 6.45) is 0.527. The van der Waals surface area contributed by atoms with Gasteiger partial charge in [-0.1, -0.05) is 18.2 Å². The van der Waals surface area contributed by atoms with Crippen LogP contribution in [0, 0.1) is 0 Å². The molecular formula is C12H13N3O. The first kappa shape index (κ1) is 9.39. The number of fused-ring (bicyclic) bond motifs is 2. The fraction of sp³-hybridized carbons (Fsp3) is 0.333. The highest BCUT2D eigenvalue weighted by Crippen LogP contribution is 2.28. The van der Waals surface area contributed by atoms with Crippen LogP contribution in [0.25, 0.3) is 0 Å². The lowest BCUT2D eigenvalue weighted by Crippen LogP contribution is -2.51. The van der Waals surface area contributed by atoms with Crippen LogP contribution in [0.15, 0.2) is 29.3 Å². The first-order valence-electron chi connectivity index (χ1n) is 5.44. The lowest BCUT2D eigenvalue weighted by atomic mass is 10.1. The molecule has 1 amide bonds. The zero-order valence-electron chi connectivity index (χ0n) is 9.18. The van der Waals surface area contributed by atoms with Crippen LogP contribution >= 0.6 is 0 Å². The number of benzene rings is 1. The van der Waals surface area contributed by atoms with E-state index in [4.69, 9.17) is 0 Å². The van der Waals surface area contributed by atoms with Crippen molar-refractivity contribution in [2.24, 2.45) is 4.99 Å². The monoisotopic (exact) mass is 215 g/mol. The van der Waals surface area contributed by atoms with Crippen molar-refractivity contribution in [2.75, 3.05) is 18.5 Å². The molecule has 82 valence electrons. The molecule has 16 heavy (non-hydrogen) atoms. The van der Waals surface area contributed by atoms with E-state index < -0.39 is 0 Å². The van der Waals surface area contributed by atoms with Gasteiger partial charge < -0.3 is 4.90 Å². The van der Waals surface area contributed by atoms with Crippen molar-refractivity contribution in [3.8, 4) is 0 Å². The van der Waals surface area contributed by atoms with E-state index in [1.165, 1.54) is 5.56 Å². The van der Waals surface area contributed by atoms with Crippen molar-refractivity contribution in [2.45, 2.75) is 13.0 Å². The zero-order chi connectivity index (χ0) is 11.1. The lowest BCUT2D eigenvalue weighted by molar-refractivity contribution is -0.128. The first-order chi connectivity index (χ1) is 7.77. The van der Waals surface area contributed by atoms with Gasteiger partial charge in [-0.3, -0.25) is 14.7 Å². The molecule has 0 saturated carbocycles. The number of carbonyl (C=O) groups excluding carboxylic acids is 1. The molecule has 2 aliphatic heterocycles. The third-order valence-electron chi connectivity index (χ3n) is 3.10. The molecule has 4 heteroatoms. The van der Waals surface area contributed by atoms with Crippen LogP contribution < -0.4 is 4.90 Å². The summed E-state index contributed by atoms with van der Waals surface area (Å²) in [6, 6.07) is 8.14. The predicted molar refractivity (Wildman–Crippen MR) is 62.3 cm³/mol. The van der Waals surface area contributed by atoms with E-state index >= 15 is 0 Å². The standard InChI is InChI=1S/C12H13N3O/c1-14-10-5-3-2-4-9(10)8-15-11(16)6-7-13-12(14)15/h2-5H,6-8H2,1H3. The lowest BCUT2D eigenvalue weighted by Gasteiger charge is -2.38. The van der Waals surface area contributed by atoms with E-state index in [9.17, 15) is 4.79 Å². The second kappa shape index (κ2) is 3.33. The first-order valence-corrected chi connectivity index (χ1v) is 5.44. The molecule has 0 aliphatic carbocycles. The summed E-state index contributed by atoms with van der Waals surface area (Å²) in [4.78, 5) is 20.0. The molecule has 0 saturated heterocycles. The molecule has 4 nitrogen and oxygen atoms in total. The summed E-state index contributed by atoms with van der Waals surface area (Å²) >= 11 is 0. The van der Waals surface area contributed by atoms with Crippen molar-refractivity contribution >= 4 is 17.6 Å². The van der Waals surface area contributed by atoms with Crippen LogP contribution in [0.4, 0.5) is 5.69 Å². The maximum absolute atomic E-state index is 11.8. The molecule has 2 heterocycles. The van der Waals surface area contributed by atoms with E-state index in [0.717, 1.165) is 11.6 Å². The largest absolute Gasteiger partial charge is 0.315 e. The summed E-state index contributed by atoms with van der Waals surface area (Å²) < 4.78 is 0. The van der Waals surface area contributed by atoms with Crippen LogP contribution in [0.3, 0.4) is 0 Å². The van der Waals surface area contributed by atoms with Crippen LogP contribution in [0.2, 0.25) is 0 Å². The van der Waals surface area contributed by atoms with Gasteiger partial charge in [-0.25, -0.2) is 0 Å². The van der Waals surface area contributed by atoms with Gasteiger partial charge in [-0.05, 0) is 11.6 Å². The Kier molecular flexibility index (Phi) is 1.96. The highest BCUT2D eigenvalue weighted by Gasteiger charge is 2.31. The Balaban J connectivity index is 2.11. The van der Waals surface area contributed by atoms with Crippen LogP contribution in [0.1, 0.15) is 12.0 Å². The topological polar surface area (TPSA) is 35.9 Å². The molecule has 1 aromatic carbocycles. The summed E-state index contributed by atoms with van der Waals surface area (Å²) in [5, 5.41) is 0. The molecule has 0 N–H and O–H groups in total. The van der Waals surface area contributed by atoms with Crippen molar-refractivity contribution in [3.05, 3.63) is 29.8 Å². The van der Waals surface area contributed by atoms with E-state index in [1.54, 1.807) is 4.90 Å². The number of hydrogen-bond donors (Lipinski definition) is 0. The third kappa shape index (κ3) is 1.23. The van der Waals surface area contributed by atoms with Gasteiger partial charge in [0.1, 0.15) is 0 Å². The highest BCUT2D eigenvalue weighted by atomic mass is 16.2. The van der Waals surface area contributed by atoms with E-state index in [0.29, 0.717) is 19.5 Å². The molecule has 0 radical (unpaired) electrons. The van der Waals surface area contributed by atoms with Gasteiger partial charge in [0.25, 0.3) is 0 Å². The molecule has 1 aromatic rings. The highest BCUT2D eigenvalue weighted by molar-refractivity contribution is 6.08. The number of guanidine groups is 1. The second-order valence-electron chi connectivity index (χ2n) is 4.10. The maximum atomic E-state index is 11.8. The molecule has 0 spiro atoms. The van der Waals surface area contributed by atoms with Crippen molar-refractivity contribution < 1.29 is 4.79 Å². The summed E-state index contributed by atoms with van der Waals surface area (Å²) in [5.41, 5.74) is 2.33. The van der Waals surface area contributed by atoms with Gasteiger partial charge in [0.15, 0.2) is 0 Å². The number of rotatable bonds is 0. The van der Waals surface area contributed by atoms with Crippen LogP contribution in [-0.2, 0) is 11.3 Å². The molecule has 0 aromatic heterocycles. The summed E-state index contributed by atoms with van der Waals surface area (Å²) in [6.45, 7) is 1.26. The van der Waals surface area contributed by atoms with Gasteiger partial charge >= 0.3 is 0 Å². The molecular weight excluding hydrogens is 202 g/mol. The minimum absolute atomic E-state index is 0.173. The average Bonchev–Trinajstić information content (AvgIpc) is 2.31. The fourth-order valence-electron chi connectivity index (χ4n) is 2.28. The molecule has 0 bridgehead atoms. The molecule has 0 unspecified atom stereocenters. The minimum Gasteiger partial charge on any atom is -0.315 e. The molecule has 0 atom stereocenters. The number of aliphatic imine (C=N–C) groups is 1. The Morgan fingerprint density at radius 3 is 3.00 bits per heavy atom. The van der Waals surface area contributed by atoms with E-state index in [-0.39, 0.29) is 5.91 Å². The molecule has 3 rings (SSSR count). The maximum Gasteiger partial charge on any atom is 0.231 e. The van der Waals surface area contributed by atoms with E-state index in [2.05, 4.69) is 17.1 Å². The Hall–Kier alpha value is -1.84. The Morgan fingerprint density at radius 2 is 2.12 bits per heavy atom. The number of amides is 1. The van der Waals surface area contributed by atoms with Gasteiger partial charge in [0.2, 0.25) is 11.9 Å². The SMILES string of the molecule is CN1C2=NCCC(=O)N2Cc2ccccc21. The van der Waals surface area contributed by atoms with Gasteiger partial charge in [0.05, 0.1) is 13.1 Å². The Labute approximate surface area is 94.2 Å². The number of para-hydroxylation sites is 1. The average molecular weight is 215 g/mol. The normalized spacial score (nSPS) is 19.1. The quantitative estimate of drug-likeness (QED) is 0.652. The Morgan fingerprint density at radius 1 is 1.31 bits per heavy atom. The summed E-state index contributed by atoms with van der Waals surface area (Å²) in [5.74, 6) is 0.960. The number of anilines is 1. The van der Waals surface area contributed by atoms with Gasteiger partial charge in [-0.15, -0.1) is 0 Å². The summed E-state index contributed by atoms with van der Waals surface area (Å²) in [7, 11) is 1.96. The van der Waals surface area contributed by atoms with E-state index in [1.807, 2.05) is 24.1 Å². The van der Waals surface area contributed by atoms with Crippen LogP contribution in [0.5, 0.6) is 0 Å². The Bertz CT molecular complexity index is 481. The minimum atomic E-state index is 0.173. The van der Waals surface area contributed by atoms with Gasteiger partial charge in [0, 0.05) is 19.2 Å².